The van der Waals surface area contributed by atoms with Crippen LogP contribution >= 0.6 is 0 Å². The minimum atomic E-state index is -0.380. The number of anilines is 1. The van der Waals surface area contributed by atoms with Gasteiger partial charge in [-0.1, -0.05) is 6.07 Å². The molecule has 1 aliphatic rings. The zero-order valence-corrected chi connectivity index (χ0v) is 11.1. The number of hydrogen-bond acceptors (Lipinski definition) is 5. The molecule has 0 aromatic heterocycles. The molecular weight excluding hydrogens is 248 g/mol. The van der Waals surface area contributed by atoms with Crippen molar-refractivity contribution in [2.45, 2.75) is 0 Å². The Kier molecular flexibility index (Phi) is 4.24. The third kappa shape index (κ3) is 2.80. The molecule has 0 radical (unpaired) electrons. The van der Waals surface area contributed by atoms with Gasteiger partial charge in [0.1, 0.15) is 0 Å². The van der Waals surface area contributed by atoms with Gasteiger partial charge in [0.05, 0.1) is 31.6 Å². The Hall–Kier alpha value is -1.79. The summed E-state index contributed by atoms with van der Waals surface area (Å²) in [7, 11) is 2.91. The normalized spacial score (nSPS) is 15.4. The molecule has 1 saturated heterocycles. The van der Waals surface area contributed by atoms with Crippen molar-refractivity contribution in [3.8, 4) is 5.75 Å². The summed E-state index contributed by atoms with van der Waals surface area (Å²) in [5.74, 6) is -0.395. The van der Waals surface area contributed by atoms with E-state index in [-0.39, 0.29) is 17.2 Å². The highest BCUT2D eigenvalue weighted by atomic mass is 16.7. The quantitative estimate of drug-likeness (QED) is 0.822. The van der Waals surface area contributed by atoms with Crippen molar-refractivity contribution in [2.24, 2.45) is 0 Å². The Morgan fingerprint density at radius 2 is 2.11 bits per heavy atom. The second kappa shape index (κ2) is 5.90. The molecule has 0 atom stereocenters. The summed E-state index contributed by atoms with van der Waals surface area (Å²) in [6.07, 6.45) is 0. The molecule has 0 saturated carbocycles. The van der Waals surface area contributed by atoms with Crippen LogP contribution in [0.2, 0.25) is 0 Å². The van der Waals surface area contributed by atoms with Gasteiger partial charge in [-0.3, -0.25) is 9.63 Å². The van der Waals surface area contributed by atoms with E-state index in [9.17, 15) is 9.90 Å². The number of morpholine rings is 1. The maximum atomic E-state index is 12.0. The summed E-state index contributed by atoms with van der Waals surface area (Å²) in [6, 6.07) is 5.13. The molecule has 1 aromatic carbocycles. The van der Waals surface area contributed by atoms with E-state index in [2.05, 4.69) is 0 Å². The van der Waals surface area contributed by atoms with E-state index in [0.717, 1.165) is 5.06 Å². The van der Waals surface area contributed by atoms with Crippen LogP contribution in [-0.4, -0.2) is 56.5 Å². The maximum absolute atomic E-state index is 12.0. The molecule has 6 nitrogen and oxygen atoms in total. The second-order valence-electron chi connectivity index (χ2n) is 4.26. The van der Waals surface area contributed by atoms with Crippen molar-refractivity contribution < 1.29 is 19.5 Å². The number of phenolic OH excluding ortho intramolecular Hbond substituents is 1. The molecule has 6 heteroatoms. The van der Waals surface area contributed by atoms with Crippen LogP contribution in [0.4, 0.5) is 5.69 Å². The Morgan fingerprint density at radius 1 is 1.42 bits per heavy atom. The first kappa shape index (κ1) is 13.6. The predicted octanol–water partition coefficient (Wildman–Crippen LogP) is 0.862. The third-order valence-electron chi connectivity index (χ3n) is 3.16. The zero-order valence-electron chi connectivity index (χ0n) is 11.1. The average molecular weight is 266 g/mol. The number of carbonyl (C=O) groups excluding carboxylic acids is 1. The van der Waals surface area contributed by atoms with Gasteiger partial charge in [0, 0.05) is 20.1 Å². The first-order valence-corrected chi connectivity index (χ1v) is 6.12. The fourth-order valence-corrected chi connectivity index (χ4v) is 2.02. The summed E-state index contributed by atoms with van der Waals surface area (Å²) in [5, 5.41) is 11.4. The molecule has 104 valence electrons. The van der Waals surface area contributed by atoms with Gasteiger partial charge in [-0.15, -0.1) is 0 Å². The molecule has 1 N–H and O–H groups in total. The van der Waals surface area contributed by atoms with Crippen LogP contribution in [0.25, 0.3) is 0 Å². The molecule has 1 aliphatic heterocycles. The monoisotopic (exact) mass is 266 g/mol. The van der Waals surface area contributed by atoms with Crippen LogP contribution in [-0.2, 0) is 9.57 Å². The van der Waals surface area contributed by atoms with Gasteiger partial charge in [-0.05, 0) is 12.1 Å². The SMILES string of the molecule is CON(C)C(=O)c1cccc(N2CCOCC2)c1O. The highest BCUT2D eigenvalue weighted by Gasteiger charge is 2.21. The number of benzene rings is 1. The highest BCUT2D eigenvalue weighted by Crippen LogP contribution is 2.32. The van der Waals surface area contributed by atoms with Crippen molar-refractivity contribution in [1.82, 2.24) is 5.06 Å². The van der Waals surface area contributed by atoms with Crippen molar-refractivity contribution in [3.63, 3.8) is 0 Å². The largest absolute Gasteiger partial charge is 0.505 e. The van der Waals surface area contributed by atoms with E-state index < -0.39 is 0 Å². The van der Waals surface area contributed by atoms with Crippen LogP contribution in [0.3, 0.4) is 0 Å². The van der Waals surface area contributed by atoms with E-state index in [1.54, 1.807) is 18.2 Å². The number of carbonyl (C=O) groups is 1. The highest BCUT2D eigenvalue weighted by molar-refractivity contribution is 5.98. The summed E-state index contributed by atoms with van der Waals surface area (Å²) in [4.78, 5) is 18.9. The maximum Gasteiger partial charge on any atom is 0.280 e. The van der Waals surface area contributed by atoms with Gasteiger partial charge in [0.15, 0.2) is 5.75 Å². The Bertz CT molecular complexity index is 458. The van der Waals surface area contributed by atoms with E-state index in [1.165, 1.54) is 14.2 Å². The number of ether oxygens (including phenoxy) is 1. The average Bonchev–Trinajstić information content (AvgIpc) is 2.47. The number of para-hydroxylation sites is 1. The van der Waals surface area contributed by atoms with Gasteiger partial charge in [-0.25, -0.2) is 5.06 Å². The molecule has 1 aromatic rings. The van der Waals surface area contributed by atoms with Crippen molar-refractivity contribution >= 4 is 11.6 Å². The van der Waals surface area contributed by atoms with Gasteiger partial charge in [0.2, 0.25) is 0 Å². The molecule has 1 fully saturated rings. The second-order valence-corrected chi connectivity index (χ2v) is 4.26. The summed E-state index contributed by atoms with van der Waals surface area (Å²) >= 11 is 0. The third-order valence-corrected chi connectivity index (χ3v) is 3.16. The van der Waals surface area contributed by atoms with Crippen LogP contribution in [0.5, 0.6) is 5.75 Å². The van der Waals surface area contributed by atoms with Gasteiger partial charge >= 0.3 is 0 Å². The molecule has 0 aliphatic carbocycles. The zero-order chi connectivity index (χ0) is 13.8. The number of phenols is 1. The predicted molar refractivity (Wildman–Crippen MR) is 70.2 cm³/mol. The molecule has 1 amide bonds. The molecule has 2 rings (SSSR count). The number of rotatable bonds is 3. The van der Waals surface area contributed by atoms with Crippen molar-refractivity contribution in [1.29, 1.82) is 0 Å². The van der Waals surface area contributed by atoms with E-state index in [0.29, 0.717) is 32.0 Å². The van der Waals surface area contributed by atoms with Crippen molar-refractivity contribution in [3.05, 3.63) is 23.8 Å². The van der Waals surface area contributed by atoms with E-state index in [4.69, 9.17) is 9.57 Å². The fraction of sp³-hybridized carbons (Fsp3) is 0.462. The fourth-order valence-electron chi connectivity index (χ4n) is 2.02. The van der Waals surface area contributed by atoms with Crippen LogP contribution in [0, 0.1) is 0 Å². The Morgan fingerprint density at radius 3 is 2.74 bits per heavy atom. The molecular formula is C13H18N2O4. The number of hydrogen-bond donors (Lipinski definition) is 1. The first-order valence-electron chi connectivity index (χ1n) is 6.12. The topological polar surface area (TPSA) is 62.2 Å². The number of aromatic hydroxyl groups is 1. The lowest BCUT2D eigenvalue weighted by Gasteiger charge is -2.30. The minimum absolute atomic E-state index is 0.0155. The lowest BCUT2D eigenvalue weighted by Crippen LogP contribution is -2.36. The van der Waals surface area contributed by atoms with Crippen LogP contribution in [0.1, 0.15) is 10.4 Å². The summed E-state index contributed by atoms with van der Waals surface area (Å²) < 4.78 is 5.28. The minimum Gasteiger partial charge on any atom is -0.505 e. The summed E-state index contributed by atoms with van der Waals surface area (Å²) in [5.41, 5.74) is 0.881. The van der Waals surface area contributed by atoms with Gasteiger partial charge < -0.3 is 14.7 Å². The van der Waals surface area contributed by atoms with Gasteiger partial charge in [-0.2, -0.15) is 0 Å². The van der Waals surface area contributed by atoms with Crippen molar-refractivity contribution in [2.75, 3.05) is 45.4 Å². The molecule has 0 unspecified atom stereocenters. The Balaban J connectivity index is 2.29. The first-order chi connectivity index (χ1) is 9.15. The number of nitrogens with zero attached hydrogens (tertiary/aromatic N) is 2. The van der Waals surface area contributed by atoms with Crippen LogP contribution < -0.4 is 4.90 Å². The van der Waals surface area contributed by atoms with E-state index >= 15 is 0 Å². The number of hydroxylamine groups is 2. The molecule has 19 heavy (non-hydrogen) atoms. The molecule has 1 heterocycles. The molecule has 0 bridgehead atoms. The van der Waals surface area contributed by atoms with E-state index in [1.807, 2.05) is 4.90 Å². The lowest BCUT2D eigenvalue weighted by atomic mass is 10.1. The standard InChI is InChI=1S/C13H18N2O4/c1-14(18-2)13(17)10-4-3-5-11(12(10)16)15-6-8-19-9-7-15/h3-5,16H,6-9H2,1-2H3. The lowest BCUT2D eigenvalue weighted by molar-refractivity contribution is -0.0758. The Labute approximate surface area is 112 Å². The number of amides is 1. The molecule has 0 spiro atoms. The summed E-state index contributed by atoms with van der Waals surface area (Å²) in [6.45, 7) is 2.64. The smallest absolute Gasteiger partial charge is 0.280 e. The van der Waals surface area contributed by atoms with Gasteiger partial charge in [0.25, 0.3) is 5.91 Å². The van der Waals surface area contributed by atoms with Crippen LogP contribution in [0.15, 0.2) is 18.2 Å².